The zero-order chi connectivity index (χ0) is 23.7. The second-order valence-electron chi connectivity index (χ2n) is 8.56. The van der Waals surface area contributed by atoms with Gasteiger partial charge >= 0.3 is 5.97 Å². The molecule has 1 heterocycles. The van der Waals surface area contributed by atoms with Crippen LogP contribution in [-0.4, -0.2) is 79.0 Å². The van der Waals surface area contributed by atoms with Crippen molar-refractivity contribution in [3.63, 3.8) is 0 Å². The average molecular weight is 440 g/mol. The summed E-state index contributed by atoms with van der Waals surface area (Å²) in [4.78, 5) is 30.9. The maximum absolute atomic E-state index is 13.6. The highest BCUT2D eigenvalue weighted by Crippen LogP contribution is 2.31. The van der Waals surface area contributed by atoms with Gasteiger partial charge in [-0.05, 0) is 51.2 Å². The number of carboxylic acids is 1. The van der Waals surface area contributed by atoms with Crippen molar-refractivity contribution in [1.82, 2.24) is 9.80 Å². The lowest BCUT2D eigenvalue weighted by Crippen LogP contribution is -2.51. The number of Topliss-reactive ketones (excluding diaryl/α,β-unsaturated/α-hetero) is 1. The van der Waals surface area contributed by atoms with Crippen molar-refractivity contribution in [3.8, 4) is 0 Å². The van der Waals surface area contributed by atoms with E-state index in [1.807, 2.05) is 62.3 Å². The van der Waals surface area contributed by atoms with Crippen molar-refractivity contribution in [2.45, 2.75) is 31.7 Å². The number of ketones is 1. The van der Waals surface area contributed by atoms with Gasteiger partial charge in [-0.3, -0.25) is 19.4 Å². The molecule has 1 saturated heterocycles. The molecule has 1 aromatic carbocycles. The third kappa shape index (κ3) is 6.40. The molecule has 1 atom stereocenters. The summed E-state index contributed by atoms with van der Waals surface area (Å²) in [5.74, 6) is -0.655. The number of benzene rings is 1. The molecule has 6 heteroatoms. The topological polar surface area (TPSA) is 64.1 Å². The first-order valence-electron chi connectivity index (χ1n) is 11.2. The number of allylic oxidation sites excluding steroid dienone is 3. The summed E-state index contributed by atoms with van der Waals surface area (Å²) in [7, 11) is 3.90. The number of hydrogen-bond donors (Lipinski definition) is 1. The predicted octanol–water partition coefficient (Wildman–Crippen LogP) is 3.86. The molecule has 1 aromatic rings. The first-order chi connectivity index (χ1) is 15.2. The molecule has 0 aliphatic carbocycles. The Morgan fingerprint density at radius 3 is 2.28 bits per heavy atom. The van der Waals surface area contributed by atoms with E-state index in [1.54, 1.807) is 6.08 Å². The van der Waals surface area contributed by atoms with Crippen LogP contribution in [0.3, 0.4) is 0 Å². The van der Waals surface area contributed by atoms with Crippen LogP contribution >= 0.6 is 0 Å². The molecule has 2 rings (SSSR count). The Labute approximate surface area is 192 Å². The number of carboxylic acid groups (broad SMARTS) is 1. The van der Waals surface area contributed by atoms with E-state index in [1.165, 1.54) is 0 Å². The van der Waals surface area contributed by atoms with Crippen molar-refractivity contribution in [1.29, 1.82) is 0 Å². The summed E-state index contributed by atoms with van der Waals surface area (Å²) in [6.45, 7) is 13.8. The summed E-state index contributed by atoms with van der Waals surface area (Å²) in [6.07, 6.45) is 6.88. The van der Waals surface area contributed by atoms with E-state index in [4.69, 9.17) is 5.11 Å². The fraction of sp³-hybridized carbons (Fsp3) is 0.462. The van der Waals surface area contributed by atoms with Crippen molar-refractivity contribution < 1.29 is 14.7 Å². The smallest absolute Gasteiger partial charge is 0.304 e. The van der Waals surface area contributed by atoms with Crippen LogP contribution in [0.15, 0.2) is 61.2 Å². The van der Waals surface area contributed by atoms with E-state index in [0.29, 0.717) is 24.9 Å². The van der Waals surface area contributed by atoms with Gasteiger partial charge in [0.1, 0.15) is 0 Å². The largest absolute Gasteiger partial charge is 0.481 e. The Morgan fingerprint density at radius 1 is 1.16 bits per heavy atom. The van der Waals surface area contributed by atoms with Gasteiger partial charge in [0.15, 0.2) is 5.78 Å². The molecule has 0 aromatic heterocycles. The maximum Gasteiger partial charge on any atom is 0.304 e. The van der Waals surface area contributed by atoms with Gasteiger partial charge in [-0.15, -0.1) is 0 Å². The number of nitrogens with zero attached hydrogens (tertiary/aromatic N) is 3. The molecule has 174 valence electrons. The molecule has 1 unspecified atom stereocenters. The molecule has 6 nitrogen and oxygen atoms in total. The van der Waals surface area contributed by atoms with Gasteiger partial charge < -0.3 is 10.0 Å². The van der Waals surface area contributed by atoms with E-state index in [9.17, 15) is 9.59 Å². The highest BCUT2D eigenvalue weighted by Gasteiger charge is 2.39. The van der Waals surface area contributed by atoms with Gasteiger partial charge in [-0.2, -0.15) is 0 Å². The number of likely N-dealkylation sites (N-methyl/N-ethyl adjacent to an activating group) is 1. The highest BCUT2D eigenvalue weighted by atomic mass is 16.4. The van der Waals surface area contributed by atoms with Gasteiger partial charge in [-0.1, -0.05) is 43.9 Å². The van der Waals surface area contributed by atoms with Crippen molar-refractivity contribution in [3.05, 3.63) is 66.8 Å². The maximum atomic E-state index is 13.6. The second kappa shape index (κ2) is 11.8. The number of carbonyl (C=O) groups excluding carboxylic acids is 1. The van der Waals surface area contributed by atoms with Crippen LogP contribution in [0.25, 0.3) is 0 Å². The lowest BCUT2D eigenvalue weighted by atomic mass is 9.80. The molecule has 0 saturated carbocycles. The fourth-order valence-electron chi connectivity index (χ4n) is 4.26. The molecule has 1 aliphatic rings. The molecular formula is C26H37N3O3. The van der Waals surface area contributed by atoms with Crippen LogP contribution in [-0.2, 0) is 4.79 Å². The minimum absolute atomic E-state index is 0.100. The zero-order valence-corrected chi connectivity index (χ0v) is 19.7. The van der Waals surface area contributed by atoms with Crippen molar-refractivity contribution >= 4 is 17.4 Å². The van der Waals surface area contributed by atoms with Gasteiger partial charge in [0.25, 0.3) is 0 Å². The first-order valence-corrected chi connectivity index (χ1v) is 11.2. The van der Waals surface area contributed by atoms with Gasteiger partial charge in [0, 0.05) is 44.0 Å². The van der Waals surface area contributed by atoms with E-state index >= 15 is 0 Å². The van der Waals surface area contributed by atoms with E-state index in [0.717, 1.165) is 37.4 Å². The summed E-state index contributed by atoms with van der Waals surface area (Å²) in [6, 6.07) is 7.88. The molecule has 32 heavy (non-hydrogen) atoms. The fourth-order valence-corrected chi connectivity index (χ4v) is 4.26. The van der Waals surface area contributed by atoms with Crippen LogP contribution in [0, 0.1) is 0 Å². The summed E-state index contributed by atoms with van der Waals surface area (Å²) in [5.41, 5.74) is 2.03. The Balaban J connectivity index is 2.10. The molecular weight excluding hydrogens is 402 g/mol. The van der Waals surface area contributed by atoms with E-state index < -0.39 is 11.5 Å². The molecule has 1 fully saturated rings. The third-order valence-electron chi connectivity index (χ3n) is 6.36. The van der Waals surface area contributed by atoms with Crippen LogP contribution in [0.4, 0.5) is 5.69 Å². The van der Waals surface area contributed by atoms with Crippen molar-refractivity contribution in [2.24, 2.45) is 0 Å². The van der Waals surface area contributed by atoms with Crippen molar-refractivity contribution in [2.75, 3.05) is 51.7 Å². The summed E-state index contributed by atoms with van der Waals surface area (Å²) in [5, 5.41) is 8.86. The SMILES string of the molecule is C=C/C=C\C(=C)CC(CC)(C(=O)c1ccc(N2CCN(CCC(=O)O)CC2)cc1)N(C)C. The molecule has 0 amide bonds. The van der Waals surface area contributed by atoms with Crippen LogP contribution in [0.2, 0.25) is 0 Å². The Bertz CT molecular complexity index is 836. The molecule has 0 radical (unpaired) electrons. The second-order valence-corrected chi connectivity index (χ2v) is 8.56. The average Bonchev–Trinajstić information content (AvgIpc) is 2.79. The summed E-state index contributed by atoms with van der Waals surface area (Å²) >= 11 is 0. The zero-order valence-electron chi connectivity index (χ0n) is 19.7. The minimum Gasteiger partial charge on any atom is -0.481 e. The predicted molar refractivity (Wildman–Crippen MR) is 131 cm³/mol. The minimum atomic E-state index is -0.756. The number of hydrogen-bond acceptors (Lipinski definition) is 5. The Hall–Kier alpha value is -2.70. The molecule has 0 spiro atoms. The van der Waals surface area contributed by atoms with Crippen LogP contribution in [0.1, 0.15) is 36.5 Å². The number of carbonyl (C=O) groups is 2. The monoisotopic (exact) mass is 439 g/mol. The lowest BCUT2D eigenvalue weighted by Gasteiger charge is -2.38. The summed E-state index contributed by atoms with van der Waals surface area (Å²) < 4.78 is 0. The molecule has 1 N–H and O–H groups in total. The standard InChI is InChI=1S/C26H37N3O3/c1-6-8-9-21(3)20-26(7-2,27(4)5)25(32)22-10-12-23(13-11-22)29-18-16-28(17-19-29)15-14-24(30)31/h6,8-13H,1,3,7,14-20H2,2,4-5H3,(H,30,31)/b9-8-. The normalized spacial score (nSPS) is 16.8. The quantitative estimate of drug-likeness (QED) is 0.394. The lowest BCUT2D eigenvalue weighted by molar-refractivity contribution is -0.137. The van der Waals surface area contributed by atoms with Crippen LogP contribution < -0.4 is 4.90 Å². The van der Waals surface area contributed by atoms with E-state index in [2.05, 4.69) is 23.0 Å². The van der Waals surface area contributed by atoms with Crippen LogP contribution in [0.5, 0.6) is 0 Å². The Morgan fingerprint density at radius 2 is 1.78 bits per heavy atom. The van der Waals surface area contributed by atoms with Gasteiger partial charge in [0.05, 0.1) is 12.0 Å². The van der Waals surface area contributed by atoms with E-state index in [-0.39, 0.29) is 12.2 Å². The van der Waals surface area contributed by atoms with Gasteiger partial charge in [0.2, 0.25) is 0 Å². The Kier molecular flexibility index (Phi) is 9.42. The molecule has 1 aliphatic heterocycles. The number of anilines is 1. The number of aliphatic carboxylic acids is 1. The third-order valence-corrected chi connectivity index (χ3v) is 6.36. The highest BCUT2D eigenvalue weighted by molar-refractivity contribution is 6.03. The number of rotatable bonds is 12. The number of piperazine rings is 1. The first kappa shape index (κ1) is 25.6. The van der Waals surface area contributed by atoms with Gasteiger partial charge in [-0.25, -0.2) is 0 Å². The molecule has 0 bridgehead atoms.